The Hall–Kier alpha value is -2.75. The van der Waals surface area contributed by atoms with Crippen molar-refractivity contribution in [1.82, 2.24) is 10.3 Å². The number of hydrogen-bond acceptors (Lipinski definition) is 2. The third kappa shape index (κ3) is 3.77. The molecule has 4 nitrogen and oxygen atoms in total. The third-order valence-corrected chi connectivity index (χ3v) is 4.20. The molecule has 0 bridgehead atoms. The molecule has 124 valence electrons. The van der Waals surface area contributed by atoms with E-state index in [0.717, 1.165) is 22.2 Å². The van der Waals surface area contributed by atoms with Crippen molar-refractivity contribution in [3.05, 3.63) is 65.4 Å². The summed E-state index contributed by atoms with van der Waals surface area (Å²) in [5, 5.41) is 4.00. The standard InChI is InChI=1S/C20H22N2O2/c1-14-7-8-17(11-15(14)2)24-10-9-21-20(23)12-16-13-22-19-6-4-3-5-18(16)19/h3-8,11,13,22H,9-10,12H2,1-2H3,(H,21,23). The summed E-state index contributed by atoms with van der Waals surface area (Å²) in [4.78, 5) is 15.3. The second-order valence-electron chi connectivity index (χ2n) is 5.98. The van der Waals surface area contributed by atoms with Gasteiger partial charge in [0.25, 0.3) is 0 Å². The number of para-hydroxylation sites is 1. The lowest BCUT2D eigenvalue weighted by atomic mass is 10.1. The molecule has 0 unspecified atom stereocenters. The van der Waals surface area contributed by atoms with Crippen LogP contribution < -0.4 is 10.1 Å². The van der Waals surface area contributed by atoms with Crippen LogP contribution in [0.3, 0.4) is 0 Å². The normalized spacial score (nSPS) is 10.8. The Kier molecular flexibility index (Phi) is 4.85. The number of aromatic amines is 1. The van der Waals surface area contributed by atoms with Crippen molar-refractivity contribution in [3.63, 3.8) is 0 Å². The Balaban J connectivity index is 1.46. The molecule has 0 saturated carbocycles. The first-order chi connectivity index (χ1) is 11.6. The van der Waals surface area contributed by atoms with Crippen molar-refractivity contribution in [2.75, 3.05) is 13.2 Å². The van der Waals surface area contributed by atoms with Gasteiger partial charge in [-0.15, -0.1) is 0 Å². The Bertz CT molecular complexity index is 852. The number of rotatable bonds is 6. The number of hydrogen-bond donors (Lipinski definition) is 2. The molecule has 0 radical (unpaired) electrons. The molecule has 3 aromatic rings. The molecule has 2 N–H and O–H groups in total. The van der Waals surface area contributed by atoms with Gasteiger partial charge in [0.05, 0.1) is 13.0 Å². The Morgan fingerprint density at radius 3 is 2.79 bits per heavy atom. The molecule has 0 fully saturated rings. The van der Waals surface area contributed by atoms with Gasteiger partial charge in [-0.05, 0) is 48.7 Å². The SMILES string of the molecule is Cc1ccc(OCCNC(=O)Cc2c[nH]c3ccccc23)cc1C. The summed E-state index contributed by atoms with van der Waals surface area (Å²) in [6, 6.07) is 14.0. The Labute approximate surface area is 141 Å². The van der Waals surface area contributed by atoms with Crippen LogP contribution in [0.2, 0.25) is 0 Å². The highest BCUT2D eigenvalue weighted by Crippen LogP contribution is 2.18. The molecular weight excluding hydrogens is 300 g/mol. The maximum absolute atomic E-state index is 12.1. The van der Waals surface area contributed by atoms with Crippen LogP contribution in [0, 0.1) is 13.8 Å². The molecule has 1 aromatic heterocycles. The fourth-order valence-electron chi connectivity index (χ4n) is 2.68. The predicted octanol–water partition coefficient (Wildman–Crippen LogP) is 3.52. The molecule has 0 spiro atoms. The van der Waals surface area contributed by atoms with Gasteiger partial charge in [0.15, 0.2) is 0 Å². The van der Waals surface area contributed by atoms with E-state index in [2.05, 4.69) is 24.1 Å². The highest BCUT2D eigenvalue weighted by atomic mass is 16.5. The molecule has 1 amide bonds. The van der Waals surface area contributed by atoms with Crippen LogP contribution in [-0.4, -0.2) is 24.0 Å². The minimum atomic E-state index is 0.00318. The number of aryl methyl sites for hydroxylation is 2. The molecular formula is C20H22N2O2. The maximum atomic E-state index is 12.1. The molecule has 0 aliphatic heterocycles. The van der Waals surface area contributed by atoms with Crippen molar-refractivity contribution >= 4 is 16.8 Å². The van der Waals surface area contributed by atoms with E-state index in [-0.39, 0.29) is 5.91 Å². The molecule has 0 aliphatic carbocycles. The Morgan fingerprint density at radius 2 is 1.96 bits per heavy atom. The van der Waals surface area contributed by atoms with Crippen molar-refractivity contribution in [3.8, 4) is 5.75 Å². The minimum absolute atomic E-state index is 0.00318. The van der Waals surface area contributed by atoms with Crippen LogP contribution in [0.15, 0.2) is 48.7 Å². The molecule has 4 heteroatoms. The number of fused-ring (bicyclic) bond motifs is 1. The lowest BCUT2D eigenvalue weighted by Crippen LogP contribution is -2.29. The van der Waals surface area contributed by atoms with Gasteiger partial charge in [0.1, 0.15) is 12.4 Å². The van der Waals surface area contributed by atoms with Crippen LogP contribution in [0.25, 0.3) is 10.9 Å². The predicted molar refractivity (Wildman–Crippen MR) is 96.4 cm³/mol. The van der Waals surface area contributed by atoms with E-state index in [0.29, 0.717) is 19.6 Å². The Morgan fingerprint density at radius 1 is 1.12 bits per heavy atom. The van der Waals surface area contributed by atoms with Crippen LogP contribution in [0.4, 0.5) is 0 Å². The minimum Gasteiger partial charge on any atom is -0.492 e. The summed E-state index contributed by atoms with van der Waals surface area (Å²) >= 11 is 0. The van der Waals surface area contributed by atoms with E-state index in [9.17, 15) is 4.79 Å². The number of aromatic nitrogens is 1. The molecule has 0 atom stereocenters. The van der Waals surface area contributed by atoms with E-state index in [1.54, 1.807) is 0 Å². The fraction of sp³-hybridized carbons (Fsp3) is 0.250. The van der Waals surface area contributed by atoms with Gasteiger partial charge < -0.3 is 15.0 Å². The first kappa shape index (κ1) is 16.1. The number of carbonyl (C=O) groups excluding carboxylic acids is 1. The van der Waals surface area contributed by atoms with Gasteiger partial charge in [-0.1, -0.05) is 24.3 Å². The topological polar surface area (TPSA) is 54.1 Å². The van der Waals surface area contributed by atoms with Gasteiger partial charge in [0, 0.05) is 17.1 Å². The van der Waals surface area contributed by atoms with Crippen LogP contribution in [0.1, 0.15) is 16.7 Å². The number of benzene rings is 2. The highest BCUT2D eigenvalue weighted by molar-refractivity contribution is 5.88. The lowest BCUT2D eigenvalue weighted by molar-refractivity contribution is -0.120. The lowest BCUT2D eigenvalue weighted by Gasteiger charge is -2.09. The zero-order valence-corrected chi connectivity index (χ0v) is 14.1. The largest absolute Gasteiger partial charge is 0.492 e. The van der Waals surface area contributed by atoms with Crippen molar-refractivity contribution in [2.24, 2.45) is 0 Å². The van der Waals surface area contributed by atoms with Gasteiger partial charge in [-0.25, -0.2) is 0 Å². The van der Waals surface area contributed by atoms with Crippen molar-refractivity contribution in [2.45, 2.75) is 20.3 Å². The van der Waals surface area contributed by atoms with Crippen molar-refractivity contribution < 1.29 is 9.53 Å². The molecule has 2 aromatic carbocycles. The fourth-order valence-corrected chi connectivity index (χ4v) is 2.68. The quantitative estimate of drug-likeness (QED) is 0.682. The number of H-pyrrole nitrogens is 1. The maximum Gasteiger partial charge on any atom is 0.224 e. The van der Waals surface area contributed by atoms with E-state index in [4.69, 9.17) is 4.74 Å². The highest BCUT2D eigenvalue weighted by Gasteiger charge is 2.08. The summed E-state index contributed by atoms with van der Waals surface area (Å²) < 4.78 is 5.68. The molecule has 0 saturated heterocycles. The summed E-state index contributed by atoms with van der Waals surface area (Å²) in [6.45, 7) is 5.09. The average molecular weight is 322 g/mol. The van der Waals surface area contributed by atoms with Crippen LogP contribution >= 0.6 is 0 Å². The second kappa shape index (κ2) is 7.21. The summed E-state index contributed by atoms with van der Waals surface area (Å²) in [5.74, 6) is 0.840. The van der Waals surface area contributed by atoms with Gasteiger partial charge in [0.2, 0.25) is 5.91 Å². The number of carbonyl (C=O) groups is 1. The number of amides is 1. The van der Waals surface area contributed by atoms with Crippen LogP contribution in [-0.2, 0) is 11.2 Å². The smallest absolute Gasteiger partial charge is 0.224 e. The summed E-state index contributed by atoms with van der Waals surface area (Å²) in [5.41, 5.74) is 4.52. The van der Waals surface area contributed by atoms with Gasteiger partial charge >= 0.3 is 0 Å². The van der Waals surface area contributed by atoms with Gasteiger partial charge in [-0.2, -0.15) is 0 Å². The van der Waals surface area contributed by atoms with Gasteiger partial charge in [-0.3, -0.25) is 4.79 Å². The third-order valence-electron chi connectivity index (χ3n) is 4.20. The second-order valence-corrected chi connectivity index (χ2v) is 5.98. The molecule has 3 rings (SSSR count). The first-order valence-electron chi connectivity index (χ1n) is 8.15. The first-order valence-corrected chi connectivity index (χ1v) is 8.15. The number of nitrogens with one attached hydrogen (secondary N) is 2. The zero-order chi connectivity index (χ0) is 16.9. The molecule has 0 aliphatic rings. The summed E-state index contributed by atoms with van der Waals surface area (Å²) in [7, 11) is 0. The van der Waals surface area contributed by atoms with Crippen LogP contribution in [0.5, 0.6) is 5.75 Å². The average Bonchev–Trinajstić information content (AvgIpc) is 2.98. The van der Waals surface area contributed by atoms with E-state index in [1.165, 1.54) is 11.1 Å². The number of ether oxygens (including phenoxy) is 1. The van der Waals surface area contributed by atoms with E-state index >= 15 is 0 Å². The molecule has 24 heavy (non-hydrogen) atoms. The van der Waals surface area contributed by atoms with E-state index < -0.39 is 0 Å². The monoisotopic (exact) mass is 322 g/mol. The van der Waals surface area contributed by atoms with E-state index in [1.807, 2.05) is 48.7 Å². The molecule has 1 heterocycles. The zero-order valence-electron chi connectivity index (χ0n) is 14.1. The summed E-state index contributed by atoms with van der Waals surface area (Å²) in [6.07, 6.45) is 2.27. The van der Waals surface area contributed by atoms with Crippen molar-refractivity contribution in [1.29, 1.82) is 0 Å².